The van der Waals surface area contributed by atoms with E-state index in [0.717, 1.165) is 29.4 Å². The summed E-state index contributed by atoms with van der Waals surface area (Å²) in [6, 6.07) is 7.92. The average Bonchev–Trinajstić information content (AvgIpc) is 3.10. The number of nitrogens with zero attached hydrogens (tertiary/aromatic N) is 9. The number of aromatic nitrogens is 8. The van der Waals surface area contributed by atoms with Crippen LogP contribution in [0.5, 0.6) is 0 Å². The van der Waals surface area contributed by atoms with Gasteiger partial charge in [-0.3, -0.25) is 8.80 Å². The molecule has 0 amide bonds. The fraction of sp³-hybridized carbons (Fsp3) is 0.222. The summed E-state index contributed by atoms with van der Waals surface area (Å²) in [7, 11) is 1.65. The van der Waals surface area contributed by atoms with Crippen molar-refractivity contribution in [1.82, 2.24) is 39.0 Å². The second-order valence-corrected chi connectivity index (χ2v) is 6.82. The minimum atomic E-state index is -0.524. The van der Waals surface area contributed by atoms with Gasteiger partial charge in [0.25, 0.3) is 0 Å². The quantitative estimate of drug-likeness (QED) is 0.475. The first-order valence-electron chi connectivity index (χ1n) is 8.77. The Hall–Kier alpha value is -3.84. The van der Waals surface area contributed by atoms with Crippen molar-refractivity contribution >= 4 is 22.2 Å². The first kappa shape index (κ1) is 15.2. The molecule has 10 heteroatoms. The molecule has 5 aromatic rings. The maximum absolute atomic E-state index is 9.60. The van der Waals surface area contributed by atoms with Gasteiger partial charge in [-0.05, 0) is 25.0 Å². The Labute approximate surface area is 157 Å². The number of rotatable bonds is 3. The lowest BCUT2D eigenvalue weighted by molar-refractivity contribution is 0.0755. The number of hydrogen-bond acceptors (Lipinski definition) is 7. The van der Waals surface area contributed by atoms with Crippen molar-refractivity contribution in [1.29, 1.82) is 5.26 Å². The van der Waals surface area contributed by atoms with Crippen molar-refractivity contribution < 1.29 is 4.74 Å². The maximum atomic E-state index is 9.60. The van der Waals surface area contributed by atoms with Crippen LogP contribution in [0.4, 0.5) is 0 Å². The number of imidazole rings is 1. The Morgan fingerprint density at radius 2 is 2.04 bits per heavy atom. The lowest BCUT2D eigenvalue weighted by Gasteiger charge is -2.12. The van der Waals surface area contributed by atoms with E-state index in [4.69, 9.17) is 4.74 Å². The highest BCUT2D eigenvalue weighted by molar-refractivity contribution is 5.94. The van der Waals surface area contributed by atoms with Gasteiger partial charge in [0.05, 0.1) is 11.7 Å². The summed E-state index contributed by atoms with van der Waals surface area (Å²) in [4.78, 5) is 4.30. The van der Waals surface area contributed by atoms with Crippen LogP contribution in [0, 0.1) is 11.5 Å². The van der Waals surface area contributed by atoms with E-state index in [0.29, 0.717) is 22.9 Å². The van der Waals surface area contributed by atoms with Crippen LogP contribution in [-0.2, 0) is 10.3 Å². The molecule has 1 aliphatic carbocycles. The summed E-state index contributed by atoms with van der Waals surface area (Å²) < 4.78 is 10.7. The molecule has 6 rings (SSSR count). The molecule has 1 aliphatic rings. The molecule has 0 aliphatic heterocycles. The third-order valence-corrected chi connectivity index (χ3v) is 5.42. The smallest absolute Gasteiger partial charge is 0.208 e. The zero-order chi connectivity index (χ0) is 18.9. The normalized spacial score (nSPS) is 15.4. The molecule has 0 saturated heterocycles. The Morgan fingerprint density at radius 3 is 2.82 bits per heavy atom. The summed E-state index contributed by atoms with van der Waals surface area (Å²) >= 11 is 0. The number of methoxy groups -OCH3 is 1. The first-order valence-corrected chi connectivity index (χ1v) is 8.77. The van der Waals surface area contributed by atoms with Gasteiger partial charge in [-0.2, -0.15) is 5.26 Å². The van der Waals surface area contributed by atoms with Gasteiger partial charge in [0.2, 0.25) is 6.19 Å². The molecule has 4 heterocycles. The monoisotopic (exact) mass is 371 g/mol. The molecule has 1 aromatic carbocycles. The molecule has 136 valence electrons. The summed E-state index contributed by atoms with van der Waals surface area (Å²) in [6.45, 7) is 0. The van der Waals surface area contributed by atoms with Crippen molar-refractivity contribution in [3.05, 3.63) is 42.5 Å². The molecule has 4 aromatic heterocycles. The molecule has 10 nitrogen and oxygen atoms in total. The number of ether oxygens (including phenoxy) is 1. The van der Waals surface area contributed by atoms with Gasteiger partial charge in [0.1, 0.15) is 29.0 Å². The highest BCUT2D eigenvalue weighted by Gasteiger charge is 2.50. The molecule has 0 unspecified atom stereocenters. The van der Waals surface area contributed by atoms with Crippen LogP contribution in [0.1, 0.15) is 18.5 Å². The highest BCUT2D eigenvalue weighted by Crippen LogP contribution is 2.50. The molecule has 0 spiro atoms. The van der Waals surface area contributed by atoms with Gasteiger partial charge < -0.3 is 4.74 Å². The Kier molecular flexibility index (Phi) is 2.78. The van der Waals surface area contributed by atoms with Crippen LogP contribution in [0.2, 0.25) is 0 Å². The van der Waals surface area contributed by atoms with Crippen LogP contribution in [0.15, 0.2) is 36.8 Å². The van der Waals surface area contributed by atoms with E-state index < -0.39 is 5.60 Å². The Bertz CT molecular complexity index is 1430. The largest absolute Gasteiger partial charge is 0.372 e. The number of para-hydroxylation sites is 1. The third kappa shape index (κ3) is 1.76. The van der Waals surface area contributed by atoms with Gasteiger partial charge in [-0.1, -0.05) is 17.3 Å². The average molecular weight is 371 g/mol. The third-order valence-electron chi connectivity index (χ3n) is 5.42. The van der Waals surface area contributed by atoms with E-state index in [9.17, 15) is 5.26 Å². The molecule has 0 bridgehead atoms. The summed E-state index contributed by atoms with van der Waals surface area (Å²) in [5.41, 5.74) is 3.02. The Morgan fingerprint density at radius 1 is 1.18 bits per heavy atom. The minimum absolute atomic E-state index is 0.483. The molecule has 0 N–H and O–H groups in total. The van der Waals surface area contributed by atoms with Gasteiger partial charge in [-0.15, -0.1) is 20.0 Å². The minimum Gasteiger partial charge on any atom is -0.372 e. The van der Waals surface area contributed by atoms with E-state index in [1.807, 2.05) is 33.1 Å². The Balaban J connectivity index is 1.77. The fourth-order valence-corrected chi connectivity index (χ4v) is 3.85. The standard InChI is InChI=1S/C18H13N9O/c1-28-18(6-7-18)15-14(26(9-19)24-21-15)17-23-22-16-11-4-2-3-5-12(11)25-10-20-8-13(25)27(16)17/h2-5,8,10H,6-7H2,1H3. The van der Waals surface area contributed by atoms with Crippen molar-refractivity contribution in [3.8, 4) is 17.7 Å². The topological polar surface area (TPSA) is 111 Å². The second kappa shape index (κ2) is 5.11. The molecular weight excluding hydrogens is 358 g/mol. The van der Waals surface area contributed by atoms with Gasteiger partial charge in [0.15, 0.2) is 11.5 Å². The summed E-state index contributed by atoms with van der Waals surface area (Å²) in [6.07, 6.45) is 7.19. The van der Waals surface area contributed by atoms with Crippen LogP contribution in [0.25, 0.3) is 33.7 Å². The predicted octanol–water partition coefficient (Wildman–Crippen LogP) is 1.75. The number of fused-ring (bicyclic) bond motifs is 6. The zero-order valence-corrected chi connectivity index (χ0v) is 14.8. The lowest BCUT2D eigenvalue weighted by Crippen LogP contribution is -2.12. The predicted molar refractivity (Wildman–Crippen MR) is 97.2 cm³/mol. The number of benzene rings is 1. The summed E-state index contributed by atoms with van der Waals surface area (Å²) in [5, 5.41) is 27.6. The van der Waals surface area contributed by atoms with E-state index in [-0.39, 0.29) is 0 Å². The maximum Gasteiger partial charge on any atom is 0.208 e. The van der Waals surface area contributed by atoms with Crippen molar-refractivity contribution in [2.24, 2.45) is 0 Å². The van der Waals surface area contributed by atoms with Crippen LogP contribution in [-0.4, -0.2) is 46.1 Å². The van der Waals surface area contributed by atoms with Crippen LogP contribution < -0.4 is 0 Å². The first-order chi connectivity index (χ1) is 13.8. The van der Waals surface area contributed by atoms with Crippen molar-refractivity contribution in [2.45, 2.75) is 18.4 Å². The van der Waals surface area contributed by atoms with Gasteiger partial charge in [-0.25, -0.2) is 4.98 Å². The lowest BCUT2D eigenvalue weighted by atomic mass is 10.1. The van der Waals surface area contributed by atoms with E-state index in [1.165, 1.54) is 4.68 Å². The molecule has 28 heavy (non-hydrogen) atoms. The fourth-order valence-electron chi connectivity index (χ4n) is 3.85. The van der Waals surface area contributed by atoms with Gasteiger partial charge in [0, 0.05) is 12.5 Å². The zero-order valence-electron chi connectivity index (χ0n) is 14.8. The number of hydrogen-bond donors (Lipinski definition) is 0. The van der Waals surface area contributed by atoms with Crippen LogP contribution in [0.3, 0.4) is 0 Å². The second-order valence-electron chi connectivity index (χ2n) is 6.82. The molecule has 1 saturated carbocycles. The highest BCUT2D eigenvalue weighted by atomic mass is 16.5. The van der Waals surface area contributed by atoms with E-state index >= 15 is 0 Å². The van der Waals surface area contributed by atoms with Crippen molar-refractivity contribution in [3.63, 3.8) is 0 Å². The van der Waals surface area contributed by atoms with Gasteiger partial charge >= 0.3 is 0 Å². The molecule has 1 fully saturated rings. The molecule has 0 atom stereocenters. The van der Waals surface area contributed by atoms with E-state index in [1.54, 1.807) is 19.6 Å². The SMILES string of the molecule is COC1(c2nnn(C#N)c2-c2nnc3c4ccccc4n4cncc4n23)CC1. The molecule has 0 radical (unpaired) electrons. The molecular formula is C18H13N9O. The number of nitriles is 1. The summed E-state index contributed by atoms with van der Waals surface area (Å²) in [5.74, 6) is 0.483. The van der Waals surface area contributed by atoms with Crippen molar-refractivity contribution in [2.75, 3.05) is 7.11 Å². The van der Waals surface area contributed by atoms with Crippen LogP contribution >= 0.6 is 0 Å². The van der Waals surface area contributed by atoms with E-state index in [2.05, 4.69) is 31.7 Å².